The second-order valence-corrected chi connectivity index (χ2v) is 4.58. The van der Waals surface area contributed by atoms with E-state index in [2.05, 4.69) is 20.8 Å². The molecule has 0 bridgehead atoms. The zero-order valence-electron chi connectivity index (χ0n) is 11.6. The number of hydrogen-bond acceptors (Lipinski definition) is 5. The zero-order chi connectivity index (χ0) is 14.4. The van der Waals surface area contributed by atoms with Crippen molar-refractivity contribution in [1.82, 2.24) is 15.5 Å². The molecule has 1 aromatic heterocycles. The van der Waals surface area contributed by atoms with Crippen molar-refractivity contribution in [3.8, 4) is 0 Å². The van der Waals surface area contributed by atoms with Crippen molar-refractivity contribution >= 4 is 11.6 Å². The molecule has 0 unspecified atom stereocenters. The van der Waals surface area contributed by atoms with E-state index in [1.54, 1.807) is 6.92 Å². The van der Waals surface area contributed by atoms with Crippen LogP contribution in [0.4, 0.5) is 5.69 Å². The summed E-state index contributed by atoms with van der Waals surface area (Å²) in [5.74, 6) is 1.13. The first-order chi connectivity index (χ1) is 9.63. The van der Waals surface area contributed by atoms with Crippen LogP contribution in [0.5, 0.6) is 0 Å². The molecule has 0 aliphatic rings. The fourth-order valence-electron chi connectivity index (χ4n) is 1.68. The number of nitrogens with one attached hydrogen (secondary N) is 2. The van der Waals surface area contributed by atoms with Gasteiger partial charge in [0.05, 0.1) is 6.54 Å². The van der Waals surface area contributed by atoms with Crippen LogP contribution in [-0.4, -0.2) is 29.1 Å². The number of benzene rings is 1. The SMILES string of the molecule is Cc1ccc(NC(=O)CNCCc2nc(C)no2)cc1. The Morgan fingerprint density at radius 1 is 1.25 bits per heavy atom. The van der Waals surface area contributed by atoms with E-state index in [0.29, 0.717) is 24.7 Å². The fraction of sp³-hybridized carbons (Fsp3) is 0.357. The number of carbonyl (C=O) groups is 1. The second-order valence-electron chi connectivity index (χ2n) is 4.58. The molecule has 2 aromatic rings. The number of anilines is 1. The highest BCUT2D eigenvalue weighted by Crippen LogP contribution is 2.07. The van der Waals surface area contributed by atoms with Crippen molar-refractivity contribution in [2.45, 2.75) is 20.3 Å². The molecule has 0 saturated heterocycles. The Hall–Kier alpha value is -2.21. The Morgan fingerprint density at radius 3 is 2.65 bits per heavy atom. The number of hydrogen-bond donors (Lipinski definition) is 2. The van der Waals surface area contributed by atoms with Crippen molar-refractivity contribution in [2.75, 3.05) is 18.4 Å². The lowest BCUT2D eigenvalue weighted by Gasteiger charge is -2.06. The fourth-order valence-corrected chi connectivity index (χ4v) is 1.68. The molecule has 0 radical (unpaired) electrons. The molecule has 0 spiro atoms. The van der Waals surface area contributed by atoms with Crippen LogP contribution in [0.2, 0.25) is 0 Å². The number of carbonyl (C=O) groups excluding carboxylic acids is 1. The molecule has 1 aromatic carbocycles. The molecule has 2 N–H and O–H groups in total. The standard InChI is InChI=1S/C14H18N4O2/c1-10-3-5-12(6-4-10)17-13(19)9-15-8-7-14-16-11(2)18-20-14/h3-6,15H,7-9H2,1-2H3,(H,17,19). The quantitative estimate of drug-likeness (QED) is 0.779. The Kier molecular flexibility index (Phi) is 4.84. The summed E-state index contributed by atoms with van der Waals surface area (Å²) in [6.45, 7) is 4.64. The molecule has 106 valence electrons. The summed E-state index contributed by atoms with van der Waals surface area (Å²) in [5, 5.41) is 9.55. The molecule has 1 amide bonds. The minimum Gasteiger partial charge on any atom is -0.339 e. The third kappa shape index (κ3) is 4.47. The summed E-state index contributed by atoms with van der Waals surface area (Å²) >= 11 is 0. The smallest absolute Gasteiger partial charge is 0.238 e. The molecule has 6 nitrogen and oxygen atoms in total. The second kappa shape index (κ2) is 6.81. The van der Waals surface area contributed by atoms with Crippen LogP contribution in [0.15, 0.2) is 28.8 Å². The Balaban J connectivity index is 1.66. The third-order valence-electron chi connectivity index (χ3n) is 2.71. The molecule has 0 aliphatic heterocycles. The van der Waals surface area contributed by atoms with Gasteiger partial charge in [-0.1, -0.05) is 22.9 Å². The lowest BCUT2D eigenvalue weighted by molar-refractivity contribution is -0.115. The highest BCUT2D eigenvalue weighted by Gasteiger charge is 2.04. The van der Waals surface area contributed by atoms with Crippen molar-refractivity contribution < 1.29 is 9.32 Å². The summed E-state index contributed by atoms with van der Waals surface area (Å²) in [6.07, 6.45) is 0.610. The van der Waals surface area contributed by atoms with Crippen molar-refractivity contribution in [2.24, 2.45) is 0 Å². The topological polar surface area (TPSA) is 80.0 Å². The van der Waals surface area contributed by atoms with Gasteiger partial charge in [-0.3, -0.25) is 4.79 Å². The van der Waals surface area contributed by atoms with Gasteiger partial charge in [0.2, 0.25) is 11.8 Å². The van der Waals surface area contributed by atoms with E-state index in [9.17, 15) is 4.79 Å². The summed E-state index contributed by atoms with van der Waals surface area (Å²) in [5.41, 5.74) is 1.96. The van der Waals surface area contributed by atoms with Crippen LogP contribution < -0.4 is 10.6 Å². The van der Waals surface area contributed by atoms with E-state index < -0.39 is 0 Å². The molecular weight excluding hydrogens is 256 g/mol. The maximum Gasteiger partial charge on any atom is 0.238 e. The largest absolute Gasteiger partial charge is 0.339 e. The predicted octanol–water partition coefficient (Wildman–Crippen LogP) is 1.46. The predicted molar refractivity (Wildman–Crippen MR) is 75.4 cm³/mol. The van der Waals surface area contributed by atoms with Crippen LogP contribution in [0.25, 0.3) is 0 Å². The summed E-state index contributed by atoms with van der Waals surface area (Å²) in [4.78, 5) is 15.8. The van der Waals surface area contributed by atoms with E-state index in [4.69, 9.17) is 4.52 Å². The maximum absolute atomic E-state index is 11.7. The van der Waals surface area contributed by atoms with Gasteiger partial charge in [-0.05, 0) is 26.0 Å². The van der Waals surface area contributed by atoms with Crippen LogP contribution >= 0.6 is 0 Å². The van der Waals surface area contributed by atoms with Gasteiger partial charge < -0.3 is 15.2 Å². The molecule has 0 fully saturated rings. The van der Waals surface area contributed by atoms with Crippen LogP contribution in [0.1, 0.15) is 17.3 Å². The highest BCUT2D eigenvalue weighted by molar-refractivity contribution is 5.92. The van der Waals surface area contributed by atoms with Gasteiger partial charge in [0.15, 0.2) is 5.82 Å². The van der Waals surface area contributed by atoms with E-state index >= 15 is 0 Å². The van der Waals surface area contributed by atoms with E-state index in [1.807, 2.05) is 31.2 Å². The monoisotopic (exact) mass is 274 g/mol. The minimum atomic E-state index is -0.0736. The van der Waals surface area contributed by atoms with Crippen LogP contribution in [-0.2, 0) is 11.2 Å². The molecule has 1 heterocycles. The molecule has 20 heavy (non-hydrogen) atoms. The number of aryl methyl sites for hydroxylation is 2. The van der Waals surface area contributed by atoms with Crippen LogP contribution in [0.3, 0.4) is 0 Å². The molecule has 0 atom stereocenters. The third-order valence-corrected chi connectivity index (χ3v) is 2.71. The van der Waals surface area contributed by atoms with Gasteiger partial charge in [-0.15, -0.1) is 0 Å². The van der Waals surface area contributed by atoms with Gasteiger partial charge in [-0.2, -0.15) is 4.98 Å². The average molecular weight is 274 g/mol. The minimum absolute atomic E-state index is 0.0736. The van der Waals surface area contributed by atoms with Gasteiger partial charge >= 0.3 is 0 Å². The first-order valence-corrected chi connectivity index (χ1v) is 6.50. The Bertz CT molecular complexity index is 563. The normalized spacial score (nSPS) is 10.5. The number of amides is 1. The lowest BCUT2D eigenvalue weighted by atomic mass is 10.2. The van der Waals surface area contributed by atoms with Gasteiger partial charge in [0.25, 0.3) is 0 Å². The maximum atomic E-state index is 11.7. The average Bonchev–Trinajstić information content (AvgIpc) is 2.83. The van der Waals surface area contributed by atoms with Crippen molar-refractivity contribution in [1.29, 1.82) is 0 Å². The summed E-state index contributed by atoms with van der Waals surface area (Å²) < 4.78 is 4.98. The van der Waals surface area contributed by atoms with E-state index in [-0.39, 0.29) is 12.5 Å². The molecule has 6 heteroatoms. The molecule has 0 aliphatic carbocycles. The van der Waals surface area contributed by atoms with Crippen molar-refractivity contribution in [3.63, 3.8) is 0 Å². The molecule has 2 rings (SSSR count). The molecule has 0 saturated carbocycles. The van der Waals surface area contributed by atoms with Crippen LogP contribution in [0, 0.1) is 13.8 Å². The summed E-state index contributed by atoms with van der Waals surface area (Å²) in [7, 11) is 0. The van der Waals surface area contributed by atoms with E-state index in [1.165, 1.54) is 0 Å². The first kappa shape index (κ1) is 14.2. The summed E-state index contributed by atoms with van der Waals surface area (Å²) in [6, 6.07) is 7.69. The molecular formula is C14H18N4O2. The van der Waals surface area contributed by atoms with Gasteiger partial charge in [0, 0.05) is 18.7 Å². The van der Waals surface area contributed by atoms with Gasteiger partial charge in [-0.25, -0.2) is 0 Å². The number of aromatic nitrogens is 2. The number of nitrogens with zero attached hydrogens (tertiary/aromatic N) is 2. The first-order valence-electron chi connectivity index (χ1n) is 6.50. The van der Waals surface area contributed by atoms with E-state index in [0.717, 1.165) is 11.3 Å². The zero-order valence-corrected chi connectivity index (χ0v) is 11.6. The van der Waals surface area contributed by atoms with Gasteiger partial charge in [0.1, 0.15) is 0 Å². The van der Waals surface area contributed by atoms with Crippen molar-refractivity contribution in [3.05, 3.63) is 41.5 Å². The number of rotatable bonds is 6. The lowest BCUT2D eigenvalue weighted by Crippen LogP contribution is -2.29. The Labute approximate surface area is 117 Å². The Morgan fingerprint density at radius 2 is 2.00 bits per heavy atom. The highest BCUT2D eigenvalue weighted by atomic mass is 16.5.